The number of ether oxygens (including phenoxy) is 1. The molecule has 0 amide bonds. The first-order chi connectivity index (χ1) is 15.4. The minimum absolute atomic E-state index is 0.0663. The van der Waals surface area contributed by atoms with Gasteiger partial charge in [-0.2, -0.15) is 0 Å². The molecule has 3 N–H and O–H groups in total. The first kappa shape index (κ1) is 21.1. The van der Waals surface area contributed by atoms with Gasteiger partial charge in [0, 0.05) is 60.7 Å². The Morgan fingerprint density at radius 2 is 1.97 bits per heavy atom. The summed E-state index contributed by atoms with van der Waals surface area (Å²) in [6.07, 6.45) is -0.242. The normalized spacial score (nSPS) is 19.2. The molecule has 168 valence electrons. The van der Waals surface area contributed by atoms with Gasteiger partial charge in [-0.15, -0.1) is 0 Å². The summed E-state index contributed by atoms with van der Waals surface area (Å²) < 4.78 is 35.0. The van der Waals surface area contributed by atoms with E-state index >= 15 is 0 Å². The number of halogens is 2. The molecule has 0 aliphatic carbocycles. The highest BCUT2D eigenvalue weighted by molar-refractivity contribution is 5.93. The molecule has 5 nitrogen and oxygen atoms in total. The average molecular weight is 439 g/mol. The summed E-state index contributed by atoms with van der Waals surface area (Å²) in [5.41, 5.74) is 9.61. The van der Waals surface area contributed by atoms with Crippen molar-refractivity contribution in [3.63, 3.8) is 0 Å². The topological polar surface area (TPSA) is 63.4 Å². The fraction of sp³-hybridized carbons (Fsp3) is 0.400. The Kier molecular flexibility index (Phi) is 5.26. The van der Waals surface area contributed by atoms with Crippen molar-refractivity contribution in [2.75, 3.05) is 43.1 Å². The molecule has 3 aromatic rings. The van der Waals surface area contributed by atoms with Gasteiger partial charge in [0.2, 0.25) is 0 Å². The molecule has 3 heterocycles. The number of rotatable bonds is 5. The summed E-state index contributed by atoms with van der Waals surface area (Å²) in [6.45, 7) is 5.20. The van der Waals surface area contributed by atoms with Crippen molar-refractivity contribution in [3.05, 3.63) is 65.2 Å². The molecule has 0 unspecified atom stereocenters. The monoisotopic (exact) mass is 438 g/mol. The number of pyridine rings is 1. The molecule has 0 bridgehead atoms. The van der Waals surface area contributed by atoms with Gasteiger partial charge in [0.1, 0.15) is 5.82 Å². The van der Waals surface area contributed by atoms with E-state index in [2.05, 4.69) is 11.4 Å². The predicted octanol–water partition coefficient (Wildman–Crippen LogP) is 4.43. The lowest BCUT2D eigenvalue weighted by atomic mass is 9.86. The third-order valence-corrected chi connectivity index (χ3v) is 6.65. The van der Waals surface area contributed by atoms with E-state index in [1.54, 1.807) is 12.1 Å². The fourth-order valence-electron chi connectivity index (χ4n) is 4.50. The van der Waals surface area contributed by atoms with Crippen molar-refractivity contribution in [2.45, 2.75) is 25.8 Å². The second-order valence-electron chi connectivity index (χ2n) is 9.13. The minimum atomic E-state index is -2.85. The van der Waals surface area contributed by atoms with E-state index < -0.39 is 5.92 Å². The fourth-order valence-corrected chi connectivity index (χ4v) is 4.50. The molecular formula is C25H28F2N4O. The Hall–Kier alpha value is -2.77. The van der Waals surface area contributed by atoms with Crippen LogP contribution in [0.2, 0.25) is 0 Å². The third-order valence-electron chi connectivity index (χ3n) is 6.65. The lowest BCUT2D eigenvalue weighted by molar-refractivity contribution is -0.0979. The first-order valence-corrected chi connectivity index (χ1v) is 11.0. The van der Waals surface area contributed by atoms with Crippen LogP contribution in [0.3, 0.4) is 0 Å². The lowest BCUT2D eigenvalue weighted by Gasteiger charge is -2.40. The summed E-state index contributed by atoms with van der Waals surface area (Å²) >= 11 is 0. The number of nitrogens with two attached hydrogens (primary N) is 1. The summed E-state index contributed by atoms with van der Waals surface area (Å²) in [6, 6.07) is 14.9. The second kappa shape index (κ2) is 7.98. The van der Waals surface area contributed by atoms with Gasteiger partial charge in [0.25, 0.3) is 5.92 Å². The summed E-state index contributed by atoms with van der Waals surface area (Å²) in [5.74, 6) is -2.15. The number of fused-ring (bicyclic) bond motifs is 2. The SMILES string of the molecule is Cc1ccc2nc(N3CCC(F)(F)c4ccccc4C3)cc(NCC3(CN)COC3)c2c1. The van der Waals surface area contributed by atoms with Crippen LogP contribution in [0, 0.1) is 12.3 Å². The molecule has 32 heavy (non-hydrogen) atoms. The lowest BCUT2D eigenvalue weighted by Crippen LogP contribution is -2.52. The molecule has 2 aromatic carbocycles. The highest BCUT2D eigenvalue weighted by Gasteiger charge is 2.38. The average Bonchev–Trinajstić information content (AvgIpc) is 2.89. The summed E-state index contributed by atoms with van der Waals surface area (Å²) in [4.78, 5) is 6.81. The number of anilines is 2. The highest BCUT2D eigenvalue weighted by Crippen LogP contribution is 2.39. The van der Waals surface area contributed by atoms with Crippen LogP contribution in [0.25, 0.3) is 10.9 Å². The molecule has 0 radical (unpaired) electrons. The van der Waals surface area contributed by atoms with Crippen LogP contribution >= 0.6 is 0 Å². The minimum Gasteiger partial charge on any atom is -0.384 e. The Morgan fingerprint density at radius 3 is 2.72 bits per heavy atom. The molecule has 5 rings (SSSR count). The standard InChI is InChI=1S/C25H28F2N4O/c1-17-6-7-21-19(10-17)22(29-14-24(13-28)15-32-16-24)11-23(30-21)31-9-8-25(26,27)20-5-3-2-4-18(20)12-31/h2-7,10-11H,8-9,12-16,28H2,1H3,(H,29,30). The van der Waals surface area contributed by atoms with Crippen molar-refractivity contribution >= 4 is 22.4 Å². The molecule has 2 aliphatic heterocycles. The Labute approximate surface area is 186 Å². The van der Waals surface area contributed by atoms with Gasteiger partial charge in [0.15, 0.2) is 0 Å². The van der Waals surface area contributed by atoms with E-state index in [0.29, 0.717) is 44.2 Å². The Bertz CT molecular complexity index is 1140. The molecule has 0 spiro atoms. The molecule has 1 saturated heterocycles. The second-order valence-corrected chi connectivity index (χ2v) is 9.13. The number of hydrogen-bond acceptors (Lipinski definition) is 5. The molecule has 0 saturated carbocycles. The zero-order valence-corrected chi connectivity index (χ0v) is 18.2. The number of nitrogens with one attached hydrogen (secondary N) is 1. The van der Waals surface area contributed by atoms with Crippen LogP contribution in [0.4, 0.5) is 20.3 Å². The molecule has 0 atom stereocenters. The molecule has 7 heteroatoms. The van der Waals surface area contributed by atoms with E-state index in [-0.39, 0.29) is 23.9 Å². The zero-order chi connectivity index (χ0) is 22.3. The van der Waals surface area contributed by atoms with Gasteiger partial charge >= 0.3 is 0 Å². The first-order valence-electron chi connectivity index (χ1n) is 11.0. The van der Waals surface area contributed by atoms with E-state index in [0.717, 1.165) is 22.2 Å². The number of alkyl halides is 2. The van der Waals surface area contributed by atoms with E-state index in [4.69, 9.17) is 15.5 Å². The van der Waals surface area contributed by atoms with Gasteiger partial charge in [0.05, 0.1) is 18.7 Å². The van der Waals surface area contributed by atoms with Crippen molar-refractivity contribution < 1.29 is 13.5 Å². The van der Waals surface area contributed by atoms with Crippen molar-refractivity contribution in [1.82, 2.24) is 4.98 Å². The van der Waals surface area contributed by atoms with E-state index in [1.165, 1.54) is 6.07 Å². The van der Waals surface area contributed by atoms with Crippen LogP contribution in [0.5, 0.6) is 0 Å². The van der Waals surface area contributed by atoms with Crippen molar-refractivity contribution in [2.24, 2.45) is 11.1 Å². The van der Waals surface area contributed by atoms with Gasteiger partial charge in [-0.05, 0) is 24.6 Å². The summed E-state index contributed by atoms with van der Waals surface area (Å²) in [5, 5.41) is 4.58. The quantitative estimate of drug-likeness (QED) is 0.617. The van der Waals surface area contributed by atoms with Crippen molar-refractivity contribution in [1.29, 1.82) is 0 Å². The molecular weight excluding hydrogens is 410 g/mol. The van der Waals surface area contributed by atoms with Gasteiger partial charge in [-0.1, -0.05) is 35.9 Å². The van der Waals surface area contributed by atoms with Crippen LogP contribution in [0.1, 0.15) is 23.1 Å². The Morgan fingerprint density at radius 1 is 1.16 bits per heavy atom. The Balaban J connectivity index is 1.52. The van der Waals surface area contributed by atoms with Crippen molar-refractivity contribution in [3.8, 4) is 0 Å². The smallest absolute Gasteiger partial charge is 0.275 e. The number of aryl methyl sites for hydroxylation is 1. The number of benzene rings is 2. The third kappa shape index (κ3) is 3.80. The maximum Gasteiger partial charge on any atom is 0.275 e. The van der Waals surface area contributed by atoms with Crippen LogP contribution in [-0.4, -0.2) is 37.8 Å². The van der Waals surface area contributed by atoms with Gasteiger partial charge in [-0.3, -0.25) is 0 Å². The van der Waals surface area contributed by atoms with Crippen LogP contribution in [-0.2, 0) is 17.2 Å². The van der Waals surface area contributed by atoms with Crippen LogP contribution in [0.15, 0.2) is 48.5 Å². The van der Waals surface area contributed by atoms with E-state index in [1.807, 2.05) is 36.1 Å². The maximum atomic E-state index is 14.8. The van der Waals surface area contributed by atoms with Crippen LogP contribution < -0.4 is 16.0 Å². The zero-order valence-electron chi connectivity index (χ0n) is 18.2. The molecule has 1 aromatic heterocycles. The van der Waals surface area contributed by atoms with Gasteiger partial charge < -0.3 is 20.7 Å². The molecule has 2 aliphatic rings. The van der Waals surface area contributed by atoms with E-state index in [9.17, 15) is 8.78 Å². The summed E-state index contributed by atoms with van der Waals surface area (Å²) in [7, 11) is 0. The maximum absolute atomic E-state index is 14.8. The number of hydrogen-bond donors (Lipinski definition) is 2. The van der Waals surface area contributed by atoms with Gasteiger partial charge in [-0.25, -0.2) is 13.8 Å². The highest BCUT2D eigenvalue weighted by atomic mass is 19.3. The number of aromatic nitrogens is 1. The molecule has 1 fully saturated rings. The number of nitrogens with zero attached hydrogens (tertiary/aromatic N) is 2. The largest absolute Gasteiger partial charge is 0.384 e. The predicted molar refractivity (Wildman–Crippen MR) is 123 cm³/mol.